The topological polar surface area (TPSA) is 50.7 Å². The Bertz CT molecular complexity index is 523. The Hall–Kier alpha value is -1.84. The molecule has 0 bridgehead atoms. The minimum absolute atomic E-state index is 0.0170. The van der Waals surface area contributed by atoms with Crippen molar-refractivity contribution in [1.29, 1.82) is 0 Å². The summed E-state index contributed by atoms with van der Waals surface area (Å²) >= 11 is 0. The molecule has 1 fully saturated rings. The van der Waals surface area contributed by atoms with E-state index in [0.717, 1.165) is 0 Å². The van der Waals surface area contributed by atoms with Crippen LogP contribution in [0.15, 0.2) is 29.4 Å². The third-order valence-corrected chi connectivity index (χ3v) is 4.21. The maximum absolute atomic E-state index is 11.7. The molecule has 0 aromatic heterocycles. The van der Waals surface area contributed by atoms with E-state index in [1.54, 1.807) is 0 Å². The van der Waals surface area contributed by atoms with Crippen LogP contribution >= 0.6 is 0 Å². The van der Waals surface area contributed by atoms with Gasteiger partial charge in [-0.05, 0) is 41.9 Å². The second-order valence-corrected chi connectivity index (χ2v) is 7.27. The van der Waals surface area contributed by atoms with E-state index < -0.39 is 0 Å². The zero-order chi connectivity index (χ0) is 16.7. The average molecular weight is 316 g/mol. The van der Waals surface area contributed by atoms with Crippen LogP contribution in [0.4, 0.5) is 0 Å². The summed E-state index contributed by atoms with van der Waals surface area (Å²) in [6, 6.07) is 7.88. The number of rotatable bonds is 5. The van der Waals surface area contributed by atoms with Crippen LogP contribution in [-0.2, 0) is 10.2 Å². The van der Waals surface area contributed by atoms with Gasteiger partial charge in [0.1, 0.15) is 5.75 Å². The molecule has 0 aliphatic heterocycles. The Kier molecular flexibility index (Phi) is 6.20. The van der Waals surface area contributed by atoms with Gasteiger partial charge in [-0.1, -0.05) is 52.2 Å². The van der Waals surface area contributed by atoms with Gasteiger partial charge in [0.05, 0.1) is 0 Å². The monoisotopic (exact) mass is 316 g/mol. The number of ether oxygens (including phenoxy) is 1. The molecule has 1 N–H and O–H groups in total. The molecule has 0 spiro atoms. The van der Waals surface area contributed by atoms with Crippen LogP contribution in [0.2, 0.25) is 0 Å². The van der Waals surface area contributed by atoms with Crippen molar-refractivity contribution in [2.24, 2.45) is 11.0 Å². The molecule has 4 heteroatoms. The third kappa shape index (κ3) is 6.05. The molecule has 1 amide bonds. The van der Waals surface area contributed by atoms with E-state index in [9.17, 15) is 4.79 Å². The number of hydrogen-bond acceptors (Lipinski definition) is 3. The molecule has 1 aliphatic rings. The fourth-order valence-corrected chi connectivity index (χ4v) is 2.73. The molecule has 0 saturated heterocycles. The molecule has 126 valence electrons. The van der Waals surface area contributed by atoms with Crippen molar-refractivity contribution >= 4 is 12.1 Å². The largest absolute Gasteiger partial charge is 0.484 e. The summed E-state index contributed by atoms with van der Waals surface area (Å²) in [5.41, 5.74) is 3.90. The van der Waals surface area contributed by atoms with E-state index >= 15 is 0 Å². The lowest BCUT2D eigenvalue weighted by molar-refractivity contribution is -0.123. The van der Waals surface area contributed by atoms with Gasteiger partial charge in [0.25, 0.3) is 5.91 Å². The molecular formula is C19H28N2O2. The Balaban J connectivity index is 1.72. The normalized spacial score (nSPS) is 16.5. The first kappa shape index (κ1) is 17.5. The highest BCUT2D eigenvalue weighted by Crippen LogP contribution is 2.24. The van der Waals surface area contributed by atoms with Crippen LogP contribution in [0.3, 0.4) is 0 Å². The first-order chi connectivity index (χ1) is 10.9. The van der Waals surface area contributed by atoms with Gasteiger partial charge in [-0.15, -0.1) is 0 Å². The van der Waals surface area contributed by atoms with Gasteiger partial charge in [-0.3, -0.25) is 4.79 Å². The highest BCUT2D eigenvalue weighted by Gasteiger charge is 2.13. The van der Waals surface area contributed by atoms with Crippen molar-refractivity contribution < 1.29 is 9.53 Å². The molecule has 2 rings (SSSR count). The summed E-state index contributed by atoms with van der Waals surface area (Å²) in [6.45, 7) is 6.48. The van der Waals surface area contributed by atoms with Gasteiger partial charge in [-0.2, -0.15) is 5.10 Å². The van der Waals surface area contributed by atoms with Crippen molar-refractivity contribution in [3.05, 3.63) is 29.8 Å². The molecule has 0 unspecified atom stereocenters. The van der Waals surface area contributed by atoms with Gasteiger partial charge in [0.15, 0.2) is 6.61 Å². The van der Waals surface area contributed by atoms with Crippen LogP contribution < -0.4 is 10.2 Å². The smallest absolute Gasteiger partial charge is 0.277 e. The summed E-state index contributed by atoms with van der Waals surface area (Å²) in [5.74, 6) is 0.983. The van der Waals surface area contributed by atoms with Crippen LogP contribution in [0.1, 0.15) is 58.4 Å². The highest BCUT2D eigenvalue weighted by molar-refractivity contribution is 5.78. The summed E-state index contributed by atoms with van der Waals surface area (Å²) in [4.78, 5) is 11.7. The predicted molar refractivity (Wildman–Crippen MR) is 93.8 cm³/mol. The Morgan fingerprint density at radius 1 is 1.22 bits per heavy atom. The molecule has 1 aromatic carbocycles. The van der Waals surface area contributed by atoms with E-state index in [1.807, 2.05) is 30.5 Å². The summed E-state index contributed by atoms with van der Waals surface area (Å²) < 4.78 is 5.49. The maximum Gasteiger partial charge on any atom is 0.277 e. The van der Waals surface area contributed by atoms with Crippen molar-refractivity contribution in [3.8, 4) is 5.75 Å². The Labute approximate surface area is 139 Å². The van der Waals surface area contributed by atoms with Crippen molar-refractivity contribution in [2.75, 3.05) is 6.61 Å². The lowest BCUT2D eigenvalue weighted by Crippen LogP contribution is -2.25. The average Bonchev–Trinajstić information content (AvgIpc) is 2.53. The number of nitrogens with one attached hydrogen (secondary N) is 1. The number of nitrogens with zero attached hydrogens (tertiary/aromatic N) is 1. The summed E-state index contributed by atoms with van der Waals surface area (Å²) in [7, 11) is 0. The van der Waals surface area contributed by atoms with E-state index in [2.05, 4.69) is 31.3 Å². The fourth-order valence-electron chi connectivity index (χ4n) is 2.73. The fraction of sp³-hybridized carbons (Fsp3) is 0.579. The molecule has 1 aliphatic carbocycles. The van der Waals surface area contributed by atoms with Crippen LogP contribution in [0.5, 0.6) is 5.75 Å². The number of carbonyl (C=O) groups excluding carboxylic acids is 1. The molecule has 1 aromatic rings. The number of benzene rings is 1. The van der Waals surface area contributed by atoms with Crippen LogP contribution in [0, 0.1) is 5.92 Å². The van der Waals surface area contributed by atoms with Crippen molar-refractivity contribution in [1.82, 2.24) is 5.43 Å². The second-order valence-electron chi connectivity index (χ2n) is 7.27. The lowest BCUT2D eigenvalue weighted by atomic mass is 9.87. The first-order valence-electron chi connectivity index (χ1n) is 8.50. The van der Waals surface area contributed by atoms with Crippen molar-refractivity contribution in [3.63, 3.8) is 0 Å². The van der Waals surface area contributed by atoms with Crippen LogP contribution in [0.25, 0.3) is 0 Å². The number of amides is 1. The maximum atomic E-state index is 11.7. The summed E-state index contributed by atoms with van der Waals surface area (Å²) in [5, 5.41) is 4.05. The zero-order valence-corrected chi connectivity index (χ0v) is 14.5. The minimum Gasteiger partial charge on any atom is -0.484 e. The molecule has 4 nitrogen and oxygen atoms in total. The third-order valence-electron chi connectivity index (χ3n) is 4.21. The Morgan fingerprint density at radius 3 is 2.48 bits per heavy atom. The number of hydrogen-bond donors (Lipinski definition) is 1. The first-order valence-corrected chi connectivity index (χ1v) is 8.50. The van der Waals surface area contributed by atoms with E-state index in [0.29, 0.717) is 11.7 Å². The van der Waals surface area contributed by atoms with E-state index in [1.165, 1.54) is 37.7 Å². The number of carbonyl (C=O) groups is 1. The van der Waals surface area contributed by atoms with Gasteiger partial charge in [0.2, 0.25) is 0 Å². The highest BCUT2D eigenvalue weighted by atomic mass is 16.5. The molecule has 1 saturated carbocycles. The van der Waals surface area contributed by atoms with E-state index in [-0.39, 0.29) is 17.9 Å². The molecule has 23 heavy (non-hydrogen) atoms. The second kappa shape index (κ2) is 8.14. The lowest BCUT2D eigenvalue weighted by Gasteiger charge is -2.19. The molecule has 0 radical (unpaired) electrons. The zero-order valence-electron chi connectivity index (χ0n) is 14.5. The molecule has 0 atom stereocenters. The minimum atomic E-state index is -0.225. The number of hydrazone groups is 1. The molecule has 0 heterocycles. The van der Waals surface area contributed by atoms with Gasteiger partial charge < -0.3 is 4.74 Å². The molecular weight excluding hydrogens is 288 g/mol. The van der Waals surface area contributed by atoms with Crippen LogP contribution in [-0.4, -0.2) is 18.7 Å². The van der Waals surface area contributed by atoms with Crippen molar-refractivity contribution in [2.45, 2.75) is 58.3 Å². The van der Waals surface area contributed by atoms with E-state index in [4.69, 9.17) is 4.74 Å². The standard InChI is InChI=1S/C19H28N2O2/c1-19(2,3)16-9-11-17(12-10-16)23-14-18(22)21-20-13-15-7-5-4-6-8-15/h9-13,15H,4-8,14H2,1-3H3,(H,21,22). The van der Waals surface area contributed by atoms with Gasteiger partial charge >= 0.3 is 0 Å². The van der Waals surface area contributed by atoms with Gasteiger partial charge in [0, 0.05) is 6.21 Å². The SMILES string of the molecule is CC(C)(C)c1ccc(OCC(=O)NN=CC2CCCCC2)cc1. The Morgan fingerprint density at radius 2 is 1.87 bits per heavy atom. The quantitative estimate of drug-likeness (QED) is 0.658. The summed E-state index contributed by atoms with van der Waals surface area (Å²) in [6.07, 6.45) is 8.07. The van der Waals surface area contributed by atoms with Gasteiger partial charge in [-0.25, -0.2) is 5.43 Å². The predicted octanol–water partition coefficient (Wildman–Crippen LogP) is 4.05.